The van der Waals surface area contributed by atoms with Crippen LogP contribution >= 0.6 is 24.2 Å². The number of hydrogen-bond acceptors (Lipinski definition) is 5. The minimum Gasteiger partial charge on any atom is -0.378 e. The average molecular weight is 364 g/mol. The molecule has 130 valence electrons. The highest BCUT2D eigenvalue weighted by atomic mass is 35.5. The Bertz CT molecular complexity index is 515. The largest absolute Gasteiger partial charge is 0.378 e. The Morgan fingerprint density at radius 2 is 2.13 bits per heavy atom. The van der Waals surface area contributed by atoms with E-state index in [4.69, 9.17) is 10.5 Å². The van der Waals surface area contributed by atoms with E-state index in [1.165, 1.54) is 12.1 Å². The Hall–Kier alpha value is -1.02. The van der Waals surface area contributed by atoms with Crippen LogP contribution in [0.1, 0.15) is 6.42 Å². The Balaban J connectivity index is 0.00000264. The minimum atomic E-state index is -0.581. The lowest BCUT2D eigenvalue weighted by atomic mass is 10.2. The van der Waals surface area contributed by atoms with Crippen LogP contribution in [0.15, 0.2) is 18.2 Å². The first kappa shape index (κ1) is 20.0. The molecule has 1 atom stereocenters. The minimum absolute atomic E-state index is 0. The summed E-state index contributed by atoms with van der Waals surface area (Å²) in [6, 6.07) is 3.97. The SMILES string of the molecule is CSCC[C@H](N)C(=O)Nc1cc(F)cc(N2CCOCC2)c1.Cl. The van der Waals surface area contributed by atoms with Gasteiger partial charge in [-0.25, -0.2) is 4.39 Å². The molecule has 1 aromatic carbocycles. The molecular formula is C15H23ClFN3O2S. The molecule has 1 aromatic rings. The van der Waals surface area contributed by atoms with Gasteiger partial charge in [0.2, 0.25) is 5.91 Å². The van der Waals surface area contributed by atoms with Crippen molar-refractivity contribution in [3.8, 4) is 0 Å². The first-order valence-electron chi connectivity index (χ1n) is 7.29. The fraction of sp³-hybridized carbons (Fsp3) is 0.533. The molecule has 1 fully saturated rings. The van der Waals surface area contributed by atoms with Crippen LogP contribution in [0, 0.1) is 5.82 Å². The molecule has 1 aliphatic rings. The lowest BCUT2D eigenvalue weighted by Crippen LogP contribution is -2.37. The number of carbonyl (C=O) groups excluding carboxylic acids is 1. The summed E-state index contributed by atoms with van der Waals surface area (Å²) in [5.41, 5.74) is 7.01. The number of nitrogens with zero attached hydrogens (tertiary/aromatic N) is 1. The number of ether oxygens (including phenoxy) is 1. The zero-order valence-corrected chi connectivity index (χ0v) is 14.7. The van der Waals surface area contributed by atoms with Gasteiger partial charge < -0.3 is 20.7 Å². The lowest BCUT2D eigenvalue weighted by Gasteiger charge is -2.29. The number of anilines is 2. The third-order valence-electron chi connectivity index (χ3n) is 3.50. The van der Waals surface area contributed by atoms with E-state index in [-0.39, 0.29) is 24.1 Å². The van der Waals surface area contributed by atoms with Gasteiger partial charge in [-0.1, -0.05) is 0 Å². The van der Waals surface area contributed by atoms with Gasteiger partial charge in [0.05, 0.1) is 19.3 Å². The first-order valence-corrected chi connectivity index (χ1v) is 8.68. The molecule has 5 nitrogen and oxygen atoms in total. The summed E-state index contributed by atoms with van der Waals surface area (Å²) in [6.07, 6.45) is 2.56. The van der Waals surface area contributed by atoms with Crippen molar-refractivity contribution >= 4 is 41.5 Å². The Morgan fingerprint density at radius 3 is 2.78 bits per heavy atom. The molecule has 0 bridgehead atoms. The highest BCUT2D eigenvalue weighted by Gasteiger charge is 2.16. The Labute approximate surface area is 146 Å². The van der Waals surface area contributed by atoms with Crippen molar-refractivity contribution in [1.82, 2.24) is 0 Å². The predicted octanol–water partition coefficient (Wildman–Crippen LogP) is 2.10. The van der Waals surface area contributed by atoms with Gasteiger partial charge in [0, 0.05) is 24.5 Å². The molecule has 0 unspecified atom stereocenters. The molecule has 8 heteroatoms. The van der Waals surface area contributed by atoms with Crippen LogP contribution in [-0.2, 0) is 9.53 Å². The number of amides is 1. The maximum Gasteiger partial charge on any atom is 0.241 e. The number of benzene rings is 1. The second-order valence-corrected chi connectivity index (χ2v) is 6.16. The third kappa shape index (κ3) is 6.18. The standard InChI is InChI=1S/C15H22FN3O2S.ClH/c1-22-7-2-14(17)15(20)18-12-8-11(16)9-13(10-12)19-3-5-21-6-4-19;/h8-10,14H,2-7,17H2,1H3,(H,18,20);1H/t14-;/m0./s1. The van der Waals surface area contributed by atoms with Crippen LogP contribution in [0.5, 0.6) is 0 Å². The molecule has 0 radical (unpaired) electrons. The lowest BCUT2D eigenvalue weighted by molar-refractivity contribution is -0.117. The second kappa shape index (κ2) is 9.97. The van der Waals surface area contributed by atoms with Crippen molar-refractivity contribution in [3.05, 3.63) is 24.0 Å². The summed E-state index contributed by atoms with van der Waals surface area (Å²) in [4.78, 5) is 14.1. The van der Waals surface area contributed by atoms with E-state index in [0.29, 0.717) is 38.4 Å². The number of thioether (sulfide) groups is 1. The number of morpholine rings is 1. The second-order valence-electron chi connectivity index (χ2n) is 5.17. The molecule has 1 heterocycles. The molecule has 23 heavy (non-hydrogen) atoms. The fourth-order valence-corrected chi connectivity index (χ4v) is 2.75. The molecular weight excluding hydrogens is 341 g/mol. The molecule has 1 saturated heterocycles. The zero-order chi connectivity index (χ0) is 15.9. The van der Waals surface area contributed by atoms with Crippen molar-refractivity contribution in [3.63, 3.8) is 0 Å². The fourth-order valence-electron chi connectivity index (χ4n) is 2.26. The molecule has 1 aliphatic heterocycles. The highest BCUT2D eigenvalue weighted by molar-refractivity contribution is 7.98. The molecule has 0 aromatic heterocycles. The third-order valence-corrected chi connectivity index (χ3v) is 4.14. The van der Waals surface area contributed by atoms with Crippen LogP contribution in [0.2, 0.25) is 0 Å². The summed E-state index contributed by atoms with van der Waals surface area (Å²) < 4.78 is 19.1. The maximum absolute atomic E-state index is 13.8. The van der Waals surface area contributed by atoms with E-state index in [0.717, 1.165) is 11.4 Å². The van der Waals surface area contributed by atoms with Gasteiger partial charge >= 0.3 is 0 Å². The molecule has 0 saturated carbocycles. The quantitative estimate of drug-likeness (QED) is 0.810. The first-order chi connectivity index (χ1) is 10.6. The van der Waals surface area contributed by atoms with Crippen molar-refractivity contribution in [1.29, 1.82) is 0 Å². The van der Waals surface area contributed by atoms with Crippen molar-refractivity contribution in [2.75, 3.05) is 48.5 Å². The van der Waals surface area contributed by atoms with Crippen LogP contribution < -0.4 is 16.0 Å². The topological polar surface area (TPSA) is 67.6 Å². The Kier molecular flexibility index (Phi) is 8.68. The summed E-state index contributed by atoms with van der Waals surface area (Å²) in [5, 5.41) is 2.70. The normalized spacial score (nSPS) is 15.7. The smallest absolute Gasteiger partial charge is 0.241 e. The molecule has 3 N–H and O–H groups in total. The van der Waals surface area contributed by atoms with Gasteiger partial charge in [-0.15, -0.1) is 12.4 Å². The van der Waals surface area contributed by atoms with Gasteiger partial charge in [0.1, 0.15) is 5.82 Å². The maximum atomic E-state index is 13.8. The summed E-state index contributed by atoms with van der Waals surface area (Å²) in [6.45, 7) is 2.67. The van der Waals surface area contributed by atoms with E-state index in [9.17, 15) is 9.18 Å². The number of nitrogens with one attached hydrogen (secondary N) is 1. The van der Waals surface area contributed by atoms with Crippen molar-refractivity contribution < 1.29 is 13.9 Å². The van der Waals surface area contributed by atoms with Crippen molar-refractivity contribution in [2.24, 2.45) is 5.73 Å². The Morgan fingerprint density at radius 1 is 1.43 bits per heavy atom. The van der Waals surface area contributed by atoms with E-state index in [1.807, 2.05) is 11.2 Å². The van der Waals surface area contributed by atoms with Gasteiger partial charge in [-0.3, -0.25) is 4.79 Å². The van der Waals surface area contributed by atoms with Crippen LogP contribution in [0.4, 0.5) is 15.8 Å². The molecule has 0 spiro atoms. The summed E-state index contributed by atoms with van der Waals surface area (Å²) >= 11 is 1.64. The predicted molar refractivity (Wildman–Crippen MR) is 96.3 cm³/mol. The van der Waals surface area contributed by atoms with E-state index in [2.05, 4.69) is 5.32 Å². The summed E-state index contributed by atoms with van der Waals surface area (Å²) in [5.74, 6) is 0.154. The number of nitrogens with two attached hydrogens (primary N) is 1. The van der Waals surface area contributed by atoms with Crippen LogP contribution in [-0.4, -0.2) is 50.3 Å². The van der Waals surface area contributed by atoms with E-state index < -0.39 is 6.04 Å². The number of halogens is 2. The van der Waals surface area contributed by atoms with Crippen molar-refractivity contribution in [2.45, 2.75) is 12.5 Å². The van der Waals surface area contributed by atoms with Gasteiger partial charge in [-0.05, 0) is 36.6 Å². The highest BCUT2D eigenvalue weighted by Crippen LogP contribution is 2.23. The number of rotatable bonds is 6. The zero-order valence-electron chi connectivity index (χ0n) is 13.1. The van der Waals surface area contributed by atoms with Crippen LogP contribution in [0.3, 0.4) is 0 Å². The van der Waals surface area contributed by atoms with E-state index >= 15 is 0 Å². The van der Waals surface area contributed by atoms with Gasteiger partial charge in [-0.2, -0.15) is 11.8 Å². The average Bonchev–Trinajstić information content (AvgIpc) is 2.52. The number of hydrogen-bond donors (Lipinski definition) is 2. The summed E-state index contributed by atoms with van der Waals surface area (Å²) in [7, 11) is 0. The van der Waals surface area contributed by atoms with Crippen LogP contribution in [0.25, 0.3) is 0 Å². The molecule has 1 amide bonds. The van der Waals surface area contributed by atoms with Gasteiger partial charge in [0.15, 0.2) is 0 Å². The van der Waals surface area contributed by atoms with E-state index in [1.54, 1.807) is 17.8 Å². The molecule has 2 rings (SSSR count). The monoisotopic (exact) mass is 363 g/mol. The molecule has 0 aliphatic carbocycles. The van der Waals surface area contributed by atoms with Gasteiger partial charge in [0.25, 0.3) is 0 Å². The number of carbonyl (C=O) groups is 1.